The van der Waals surface area contributed by atoms with Crippen LogP contribution in [0.2, 0.25) is 10.0 Å². The van der Waals surface area contributed by atoms with Gasteiger partial charge in [-0.15, -0.1) is 0 Å². The van der Waals surface area contributed by atoms with Crippen LogP contribution >= 0.6 is 23.2 Å². The first-order valence-electron chi connectivity index (χ1n) is 4.76. The summed E-state index contributed by atoms with van der Waals surface area (Å²) in [6, 6.07) is 4.75. The molecule has 0 spiro atoms. The van der Waals surface area contributed by atoms with Crippen LogP contribution in [-0.4, -0.2) is 6.54 Å². The molecule has 0 radical (unpaired) electrons. The van der Waals surface area contributed by atoms with Crippen LogP contribution < -0.4 is 5.73 Å². The summed E-state index contributed by atoms with van der Waals surface area (Å²) in [5, 5.41) is 0.772. The van der Waals surface area contributed by atoms with Gasteiger partial charge < -0.3 is 5.73 Å². The lowest BCUT2D eigenvalue weighted by Crippen LogP contribution is -2.35. The molecule has 0 saturated carbocycles. The molecule has 0 aliphatic carbocycles. The first kappa shape index (κ1) is 12.8. The molecule has 0 aliphatic rings. The van der Waals surface area contributed by atoms with E-state index in [-0.39, 0.29) is 12.5 Å². The van der Waals surface area contributed by atoms with Crippen LogP contribution in [0.3, 0.4) is 0 Å². The molecule has 0 saturated heterocycles. The number of nitrogens with two attached hydrogens (primary N) is 1. The topological polar surface area (TPSA) is 26.0 Å². The van der Waals surface area contributed by atoms with E-state index >= 15 is 0 Å². The van der Waals surface area contributed by atoms with Gasteiger partial charge in [-0.3, -0.25) is 0 Å². The zero-order valence-electron chi connectivity index (χ0n) is 8.73. The number of hydrogen-bond donors (Lipinski definition) is 1. The molecule has 2 N–H and O–H groups in total. The van der Waals surface area contributed by atoms with Gasteiger partial charge in [0.05, 0.1) is 10.0 Å². The second-order valence-electron chi connectivity index (χ2n) is 3.85. The van der Waals surface area contributed by atoms with Crippen molar-refractivity contribution in [1.82, 2.24) is 0 Å². The van der Waals surface area contributed by atoms with Crippen molar-refractivity contribution < 1.29 is 4.39 Å². The van der Waals surface area contributed by atoms with Crippen molar-refractivity contribution in [1.29, 1.82) is 0 Å². The fourth-order valence-corrected chi connectivity index (χ4v) is 1.74. The summed E-state index contributed by atoms with van der Waals surface area (Å²) in [6.45, 7) is 3.51. The van der Waals surface area contributed by atoms with Crippen molar-refractivity contribution >= 4 is 23.2 Å². The molecule has 0 fully saturated rings. The van der Waals surface area contributed by atoms with Crippen LogP contribution in [-0.2, 0) is 5.67 Å². The highest BCUT2D eigenvalue weighted by molar-refractivity contribution is 6.42. The van der Waals surface area contributed by atoms with Gasteiger partial charge in [-0.25, -0.2) is 4.39 Å². The van der Waals surface area contributed by atoms with E-state index < -0.39 is 5.67 Å². The quantitative estimate of drug-likeness (QED) is 0.868. The van der Waals surface area contributed by atoms with Crippen LogP contribution in [0.1, 0.15) is 19.4 Å². The number of hydrogen-bond acceptors (Lipinski definition) is 1. The van der Waals surface area contributed by atoms with E-state index in [1.54, 1.807) is 26.0 Å². The Kier molecular flexibility index (Phi) is 3.99. The van der Waals surface area contributed by atoms with Crippen molar-refractivity contribution in [2.24, 2.45) is 11.7 Å². The Hall–Kier alpha value is -0.310. The van der Waals surface area contributed by atoms with E-state index in [1.165, 1.54) is 6.07 Å². The summed E-state index contributed by atoms with van der Waals surface area (Å²) < 4.78 is 14.5. The highest BCUT2D eigenvalue weighted by atomic mass is 35.5. The Labute approximate surface area is 99.4 Å². The van der Waals surface area contributed by atoms with Gasteiger partial charge in [0.2, 0.25) is 0 Å². The third kappa shape index (κ3) is 2.44. The van der Waals surface area contributed by atoms with Gasteiger partial charge in [-0.2, -0.15) is 0 Å². The SMILES string of the molecule is CC(C)C(F)(CN)c1ccc(Cl)c(Cl)c1. The fraction of sp³-hybridized carbons (Fsp3) is 0.455. The molecule has 1 aromatic carbocycles. The van der Waals surface area contributed by atoms with Crippen molar-refractivity contribution in [2.45, 2.75) is 19.5 Å². The third-order valence-electron chi connectivity index (χ3n) is 2.61. The standard InChI is InChI=1S/C11H14Cl2FN/c1-7(2)11(14,6-15)8-3-4-9(12)10(13)5-8/h3-5,7H,6,15H2,1-2H3. The largest absolute Gasteiger partial charge is 0.327 e. The predicted molar refractivity (Wildman–Crippen MR) is 63.1 cm³/mol. The van der Waals surface area contributed by atoms with Crippen molar-refractivity contribution in [3.05, 3.63) is 33.8 Å². The monoisotopic (exact) mass is 249 g/mol. The zero-order chi connectivity index (χ0) is 11.6. The molecule has 1 atom stereocenters. The molecule has 4 heteroatoms. The fourth-order valence-electron chi connectivity index (χ4n) is 1.44. The minimum absolute atomic E-state index is 0.0668. The van der Waals surface area contributed by atoms with E-state index in [4.69, 9.17) is 28.9 Å². The summed E-state index contributed by atoms with van der Waals surface area (Å²) in [7, 11) is 0. The smallest absolute Gasteiger partial charge is 0.150 e. The van der Waals surface area contributed by atoms with E-state index in [0.717, 1.165) is 0 Å². The molecule has 0 aromatic heterocycles. The summed E-state index contributed by atoms with van der Waals surface area (Å²) in [5.41, 5.74) is 4.41. The van der Waals surface area contributed by atoms with Crippen LogP contribution in [0.25, 0.3) is 0 Å². The van der Waals surface area contributed by atoms with Gasteiger partial charge in [0.15, 0.2) is 0 Å². The van der Waals surface area contributed by atoms with Crippen LogP contribution in [0.4, 0.5) is 4.39 Å². The van der Waals surface area contributed by atoms with Gasteiger partial charge in [0, 0.05) is 6.54 Å². The summed E-state index contributed by atoms with van der Waals surface area (Å²) in [4.78, 5) is 0. The van der Waals surface area contributed by atoms with E-state index in [0.29, 0.717) is 15.6 Å². The number of benzene rings is 1. The van der Waals surface area contributed by atoms with Gasteiger partial charge in [0.1, 0.15) is 5.67 Å². The van der Waals surface area contributed by atoms with Gasteiger partial charge >= 0.3 is 0 Å². The number of halogens is 3. The normalized spacial score (nSPS) is 15.4. The lowest BCUT2D eigenvalue weighted by molar-refractivity contribution is 0.109. The van der Waals surface area contributed by atoms with E-state index in [9.17, 15) is 4.39 Å². The first-order valence-corrected chi connectivity index (χ1v) is 5.52. The highest BCUT2D eigenvalue weighted by Gasteiger charge is 2.34. The maximum Gasteiger partial charge on any atom is 0.150 e. The minimum Gasteiger partial charge on any atom is -0.327 e. The average molecular weight is 250 g/mol. The second kappa shape index (κ2) is 4.69. The Balaban J connectivity index is 3.19. The van der Waals surface area contributed by atoms with Gasteiger partial charge in [0.25, 0.3) is 0 Å². The molecular formula is C11H14Cl2FN. The van der Waals surface area contributed by atoms with Gasteiger partial charge in [-0.05, 0) is 23.6 Å². The van der Waals surface area contributed by atoms with Crippen molar-refractivity contribution in [3.63, 3.8) is 0 Å². The molecule has 0 amide bonds. The lowest BCUT2D eigenvalue weighted by Gasteiger charge is -2.28. The van der Waals surface area contributed by atoms with E-state index in [1.807, 2.05) is 0 Å². The molecule has 0 bridgehead atoms. The summed E-state index contributed by atoms with van der Waals surface area (Å²) in [5.74, 6) is -0.209. The Morgan fingerprint density at radius 2 is 1.93 bits per heavy atom. The zero-order valence-corrected chi connectivity index (χ0v) is 10.2. The predicted octanol–water partition coefficient (Wildman–Crippen LogP) is 3.77. The maximum atomic E-state index is 14.5. The maximum absolute atomic E-state index is 14.5. The second-order valence-corrected chi connectivity index (χ2v) is 4.66. The van der Waals surface area contributed by atoms with Crippen molar-refractivity contribution in [2.75, 3.05) is 6.54 Å². The van der Waals surface area contributed by atoms with Crippen LogP contribution in [0.5, 0.6) is 0 Å². The lowest BCUT2D eigenvalue weighted by atomic mass is 9.85. The van der Waals surface area contributed by atoms with E-state index in [2.05, 4.69) is 0 Å². The number of alkyl halides is 1. The average Bonchev–Trinajstić information content (AvgIpc) is 2.20. The summed E-state index contributed by atoms with van der Waals surface area (Å²) >= 11 is 11.6. The molecule has 15 heavy (non-hydrogen) atoms. The first-order chi connectivity index (χ1) is 6.91. The molecule has 1 aromatic rings. The molecule has 1 nitrogen and oxygen atoms in total. The Morgan fingerprint density at radius 1 is 1.33 bits per heavy atom. The van der Waals surface area contributed by atoms with Crippen molar-refractivity contribution in [3.8, 4) is 0 Å². The number of rotatable bonds is 3. The Morgan fingerprint density at radius 3 is 2.33 bits per heavy atom. The van der Waals surface area contributed by atoms with Crippen LogP contribution in [0, 0.1) is 5.92 Å². The molecule has 1 unspecified atom stereocenters. The molecule has 84 valence electrons. The molecular weight excluding hydrogens is 236 g/mol. The summed E-state index contributed by atoms with van der Waals surface area (Å²) in [6.07, 6.45) is 0. The molecule has 0 heterocycles. The minimum atomic E-state index is -1.55. The molecule has 0 aliphatic heterocycles. The highest BCUT2D eigenvalue weighted by Crippen LogP contribution is 2.36. The van der Waals surface area contributed by atoms with Gasteiger partial charge in [-0.1, -0.05) is 43.1 Å². The Bertz CT molecular complexity index is 354. The van der Waals surface area contributed by atoms with Crippen LogP contribution in [0.15, 0.2) is 18.2 Å². The third-order valence-corrected chi connectivity index (χ3v) is 3.35. The molecule has 1 rings (SSSR count).